The highest BCUT2D eigenvalue weighted by atomic mass is 32.2. The number of rotatable bonds is 6. The summed E-state index contributed by atoms with van der Waals surface area (Å²) in [6, 6.07) is 2.02. The van der Waals surface area contributed by atoms with Crippen LogP contribution in [0, 0.1) is 0 Å². The number of nitrogens with one attached hydrogen (secondary N) is 1. The lowest BCUT2D eigenvalue weighted by atomic mass is 10.1. The Morgan fingerprint density at radius 2 is 2.16 bits per heavy atom. The van der Waals surface area contributed by atoms with Gasteiger partial charge in [-0.2, -0.15) is 9.40 Å². The summed E-state index contributed by atoms with van der Waals surface area (Å²) in [6.07, 6.45) is 8.63. The van der Waals surface area contributed by atoms with Gasteiger partial charge in [-0.15, -0.1) is 0 Å². The summed E-state index contributed by atoms with van der Waals surface area (Å²) in [6.45, 7) is 2.96. The van der Waals surface area contributed by atoms with E-state index in [-0.39, 0.29) is 11.8 Å². The quantitative estimate of drug-likeness (QED) is 0.723. The van der Waals surface area contributed by atoms with E-state index in [1.165, 1.54) is 6.33 Å². The van der Waals surface area contributed by atoms with Crippen molar-refractivity contribution < 1.29 is 8.42 Å². The Morgan fingerprint density at radius 1 is 1.32 bits per heavy atom. The van der Waals surface area contributed by atoms with E-state index in [1.54, 1.807) is 10.5 Å². The van der Waals surface area contributed by atoms with Crippen LogP contribution >= 0.6 is 0 Å². The van der Waals surface area contributed by atoms with E-state index in [0.717, 1.165) is 28.7 Å². The third kappa shape index (κ3) is 2.93. The summed E-state index contributed by atoms with van der Waals surface area (Å²) in [4.78, 5) is 11.6. The monoisotopic (exact) mass is 360 g/mol. The molecule has 0 amide bonds. The van der Waals surface area contributed by atoms with Gasteiger partial charge in [0.15, 0.2) is 0 Å². The standard InChI is InChI=1S/C16H20N6O2S/c1-2-3-6-25(23,24)21-9-13(10-21)22-8-12(7-20-22)15-14-4-5-17-16(14)19-11-18-15/h4-5,7-8,11,13H,2-3,6,9-10H2,1H3,(H,17,18,19). The van der Waals surface area contributed by atoms with E-state index in [9.17, 15) is 8.42 Å². The van der Waals surface area contributed by atoms with E-state index in [2.05, 4.69) is 20.1 Å². The van der Waals surface area contributed by atoms with Gasteiger partial charge in [0.05, 0.1) is 23.7 Å². The first kappa shape index (κ1) is 16.2. The van der Waals surface area contributed by atoms with Crippen LogP contribution in [0.2, 0.25) is 0 Å². The summed E-state index contributed by atoms with van der Waals surface area (Å²) in [7, 11) is -3.13. The molecule has 0 unspecified atom stereocenters. The molecule has 0 saturated carbocycles. The summed E-state index contributed by atoms with van der Waals surface area (Å²) in [5.41, 5.74) is 2.51. The number of sulfonamides is 1. The van der Waals surface area contributed by atoms with Crippen molar-refractivity contribution in [1.82, 2.24) is 29.0 Å². The van der Waals surface area contributed by atoms with Crippen molar-refractivity contribution >= 4 is 21.1 Å². The number of unbranched alkanes of at least 4 members (excludes halogenated alkanes) is 1. The molecule has 132 valence electrons. The van der Waals surface area contributed by atoms with Gasteiger partial charge in [-0.25, -0.2) is 18.4 Å². The maximum atomic E-state index is 12.2. The molecule has 9 heteroatoms. The second-order valence-electron chi connectivity index (χ2n) is 6.31. The molecular formula is C16H20N6O2S. The molecule has 0 bridgehead atoms. The minimum atomic E-state index is -3.13. The number of hydrogen-bond donors (Lipinski definition) is 1. The third-order valence-corrected chi connectivity index (χ3v) is 6.47. The number of aromatic amines is 1. The Labute approximate surface area is 145 Å². The van der Waals surface area contributed by atoms with Crippen LogP contribution in [0.5, 0.6) is 0 Å². The van der Waals surface area contributed by atoms with Gasteiger partial charge < -0.3 is 4.98 Å². The fourth-order valence-electron chi connectivity index (χ4n) is 3.03. The molecule has 3 aromatic rings. The lowest BCUT2D eigenvalue weighted by molar-refractivity contribution is 0.191. The van der Waals surface area contributed by atoms with Crippen LogP contribution < -0.4 is 0 Å². The first-order valence-corrected chi connectivity index (χ1v) is 10.00. The number of nitrogens with zero attached hydrogens (tertiary/aromatic N) is 5. The van der Waals surface area contributed by atoms with E-state index in [1.807, 2.05) is 30.1 Å². The van der Waals surface area contributed by atoms with Gasteiger partial charge in [0, 0.05) is 36.4 Å². The number of aromatic nitrogens is 5. The highest BCUT2D eigenvalue weighted by Crippen LogP contribution is 2.28. The smallest absolute Gasteiger partial charge is 0.214 e. The first-order valence-electron chi connectivity index (χ1n) is 8.39. The molecular weight excluding hydrogens is 340 g/mol. The summed E-state index contributed by atoms with van der Waals surface area (Å²) in [5, 5.41) is 5.35. The summed E-state index contributed by atoms with van der Waals surface area (Å²) in [5.74, 6) is 0.229. The Hall–Kier alpha value is -2.26. The maximum Gasteiger partial charge on any atom is 0.214 e. The second-order valence-corrected chi connectivity index (χ2v) is 8.40. The van der Waals surface area contributed by atoms with Crippen LogP contribution in [-0.2, 0) is 10.0 Å². The van der Waals surface area contributed by atoms with Gasteiger partial charge in [0.1, 0.15) is 12.0 Å². The Morgan fingerprint density at radius 3 is 2.96 bits per heavy atom. The largest absolute Gasteiger partial charge is 0.346 e. The molecule has 1 fully saturated rings. The molecule has 0 aliphatic carbocycles. The van der Waals surface area contributed by atoms with Crippen LogP contribution in [0.25, 0.3) is 22.3 Å². The van der Waals surface area contributed by atoms with Crippen molar-refractivity contribution in [2.45, 2.75) is 25.8 Å². The molecule has 1 aliphatic rings. The van der Waals surface area contributed by atoms with Crippen molar-refractivity contribution in [3.05, 3.63) is 31.0 Å². The average Bonchev–Trinajstić information content (AvgIpc) is 3.20. The summed E-state index contributed by atoms with van der Waals surface area (Å²) < 4.78 is 27.7. The third-order valence-electron chi connectivity index (χ3n) is 4.58. The van der Waals surface area contributed by atoms with Gasteiger partial charge in [0.25, 0.3) is 0 Å². The SMILES string of the molecule is CCCCS(=O)(=O)N1CC(n2cc(-c3ncnc4[nH]ccc34)cn2)C1. The Kier molecular flexibility index (Phi) is 4.04. The van der Waals surface area contributed by atoms with Crippen LogP contribution in [0.15, 0.2) is 31.0 Å². The van der Waals surface area contributed by atoms with E-state index in [4.69, 9.17) is 0 Å². The van der Waals surface area contributed by atoms with E-state index < -0.39 is 10.0 Å². The number of fused-ring (bicyclic) bond motifs is 1. The molecule has 0 atom stereocenters. The van der Waals surface area contributed by atoms with Crippen LogP contribution in [0.1, 0.15) is 25.8 Å². The molecule has 0 radical (unpaired) electrons. The van der Waals surface area contributed by atoms with Crippen LogP contribution in [-0.4, -0.2) is 56.3 Å². The van der Waals surface area contributed by atoms with Crippen molar-refractivity contribution in [2.24, 2.45) is 0 Å². The molecule has 1 N–H and O–H groups in total. The van der Waals surface area contributed by atoms with E-state index >= 15 is 0 Å². The molecule has 25 heavy (non-hydrogen) atoms. The molecule has 0 spiro atoms. The minimum Gasteiger partial charge on any atom is -0.346 e. The molecule has 1 saturated heterocycles. The fourth-order valence-corrected chi connectivity index (χ4v) is 4.74. The average molecular weight is 360 g/mol. The van der Waals surface area contributed by atoms with Crippen LogP contribution in [0.4, 0.5) is 0 Å². The van der Waals surface area contributed by atoms with Gasteiger partial charge in [-0.3, -0.25) is 4.68 Å². The van der Waals surface area contributed by atoms with Gasteiger partial charge in [-0.1, -0.05) is 13.3 Å². The lowest BCUT2D eigenvalue weighted by Crippen LogP contribution is -2.51. The molecule has 4 heterocycles. The van der Waals surface area contributed by atoms with Gasteiger partial charge in [-0.05, 0) is 12.5 Å². The van der Waals surface area contributed by atoms with Crippen molar-refractivity contribution in [2.75, 3.05) is 18.8 Å². The fraction of sp³-hybridized carbons (Fsp3) is 0.438. The zero-order valence-electron chi connectivity index (χ0n) is 14.0. The maximum absolute atomic E-state index is 12.2. The molecule has 0 aromatic carbocycles. The lowest BCUT2D eigenvalue weighted by Gasteiger charge is -2.38. The van der Waals surface area contributed by atoms with E-state index in [0.29, 0.717) is 19.5 Å². The zero-order chi connectivity index (χ0) is 17.4. The normalized spacial score (nSPS) is 16.4. The Balaban J connectivity index is 1.49. The summed E-state index contributed by atoms with van der Waals surface area (Å²) >= 11 is 0. The first-order chi connectivity index (χ1) is 12.1. The minimum absolute atomic E-state index is 0.0775. The molecule has 3 aromatic heterocycles. The van der Waals surface area contributed by atoms with Crippen molar-refractivity contribution in [1.29, 1.82) is 0 Å². The molecule has 1 aliphatic heterocycles. The topological polar surface area (TPSA) is 96.8 Å². The molecule has 4 rings (SSSR count). The highest BCUT2D eigenvalue weighted by molar-refractivity contribution is 7.89. The number of hydrogen-bond acceptors (Lipinski definition) is 5. The van der Waals surface area contributed by atoms with Crippen molar-refractivity contribution in [3.63, 3.8) is 0 Å². The highest BCUT2D eigenvalue weighted by Gasteiger charge is 2.36. The second kappa shape index (κ2) is 6.23. The van der Waals surface area contributed by atoms with Crippen LogP contribution in [0.3, 0.4) is 0 Å². The molecule has 8 nitrogen and oxygen atoms in total. The predicted molar refractivity (Wildman–Crippen MR) is 94.4 cm³/mol. The zero-order valence-corrected chi connectivity index (χ0v) is 14.8. The predicted octanol–water partition coefficient (Wildman–Crippen LogP) is 1.81. The number of H-pyrrole nitrogens is 1. The Bertz CT molecular complexity index is 987. The van der Waals surface area contributed by atoms with Gasteiger partial charge >= 0.3 is 0 Å². The van der Waals surface area contributed by atoms with Crippen molar-refractivity contribution in [3.8, 4) is 11.3 Å². The van der Waals surface area contributed by atoms with Gasteiger partial charge in [0.2, 0.25) is 10.0 Å².